The molecule has 0 saturated heterocycles. The molecule has 1 aliphatic carbocycles. The number of benzene rings is 1. The third-order valence-electron chi connectivity index (χ3n) is 3.67. The second kappa shape index (κ2) is 5.66. The molecule has 1 fully saturated rings. The van der Waals surface area contributed by atoms with Crippen molar-refractivity contribution in [3.63, 3.8) is 0 Å². The summed E-state index contributed by atoms with van der Waals surface area (Å²) in [6, 6.07) is 3.69. The predicted octanol–water partition coefficient (Wildman–Crippen LogP) is 2.72. The quantitative estimate of drug-likeness (QED) is 0.347. The fraction of sp³-hybridized carbons (Fsp3) is 0.385. The highest BCUT2D eigenvalue weighted by atomic mass is 35.5. The number of rotatable bonds is 3. The van der Waals surface area contributed by atoms with Crippen LogP contribution < -0.4 is 11.1 Å². The Morgan fingerprint density at radius 3 is 2.65 bits per heavy atom. The van der Waals surface area contributed by atoms with Crippen LogP contribution in [-0.4, -0.2) is 17.0 Å². The molecule has 1 aliphatic rings. The molecular formula is C13H15ClFN3O2. The number of carbonyl (C=O) groups is 1. The number of hydrogen-bond acceptors (Lipinski definition) is 3. The van der Waals surface area contributed by atoms with E-state index in [1.165, 1.54) is 12.1 Å². The summed E-state index contributed by atoms with van der Waals surface area (Å²) < 4.78 is 13.0. The lowest BCUT2D eigenvalue weighted by Crippen LogP contribution is -2.45. The molecule has 0 heterocycles. The van der Waals surface area contributed by atoms with Crippen LogP contribution in [0.5, 0.6) is 0 Å². The normalized spacial score (nSPS) is 18.0. The summed E-state index contributed by atoms with van der Waals surface area (Å²) in [6.07, 6.45) is 2.66. The minimum atomic E-state index is -1.02. The van der Waals surface area contributed by atoms with E-state index in [2.05, 4.69) is 10.5 Å². The molecule has 0 aromatic heterocycles. The number of nitrogens with one attached hydrogen (secondary N) is 1. The molecule has 1 saturated carbocycles. The number of amidine groups is 1. The van der Waals surface area contributed by atoms with Gasteiger partial charge in [0.1, 0.15) is 11.2 Å². The Bertz CT molecular complexity index is 557. The van der Waals surface area contributed by atoms with Gasteiger partial charge in [-0.05, 0) is 31.0 Å². The van der Waals surface area contributed by atoms with Gasteiger partial charge in [0.05, 0.1) is 10.7 Å². The first-order valence-electron chi connectivity index (χ1n) is 6.24. The van der Waals surface area contributed by atoms with E-state index >= 15 is 0 Å². The van der Waals surface area contributed by atoms with Crippen molar-refractivity contribution >= 4 is 29.0 Å². The van der Waals surface area contributed by atoms with Crippen LogP contribution in [0.15, 0.2) is 23.4 Å². The molecule has 108 valence electrons. The SMILES string of the molecule is NC(=NO)C1(C(=O)Nc2ccc(F)cc2Cl)CCCC1. The molecule has 0 atom stereocenters. The van der Waals surface area contributed by atoms with E-state index in [1.807, 2.05) is 0 Å². The highest BCUT2D eigenvalue weighted by molar-refractivity contribution is 6.34. The molecule has 1 aromatic rings. The fourth-order valence-electron chi connectivity index (χ4n) is 2.51. The molecule has 0 bridgehead atoms. The van der Waals surface area contributed by atoms with Crippen molar-refractivity contribution in [1.82, 2.24) is 0 Å². The Labute approximate surface area is 120 Å². The monoisotopic (exact) mass is 299 g/mol. The molecule has 2 rings (SSSR count). The van der Waals surface area contributed by atoms with Gasteiger partial charge in [0, 0.05) is 0 Å². The maximum atomic E-state index is 13.0. The van der Waals surface area contributed by atoms with Gasteiger partial charge in [-0.25, -0.2) is 4.39 Å². The number of nitrogens with zero attached hydrogens (tertiary/aromatic N) is 1. The smallest absolute Gasteiger partial charge is 0.238 e. The van der Waals surface area contributed by atoms with Crippen LogP contribution in [0.1, 0.15) is 25.7 Å². The molecule has 0 unspecified atom stereocenters. The van der Waals surface area contributed by atoms with E-state index in [4.69, 9.17) is 22.5 Å². The van der Waals surface area contributed by atoms with E-state index in [1.54, 1.807) is 0 Å². The third kappa shape index (κ3) is 2.56. The lowest BCUT2D eigenvalue weighted by atomic mass is 9.83. The summed E-state index contributed by atoms with van der Waals surface area (Å²) in [5.74, 6) is -0.982. The Morgan fingerprint density at radius 2 is 2.10 bits per heavy atom. The zero-order valence-corrected chi connectivity index (χ0v) is 11.5. The van der Waals surface area contributed by atoms with Crippen molar-refractivity contribution < 1.29 is 14.4 Å². The topological polar surface area (TPSA) is 87.7 Å². The summed E-state index contributed by atoms with van der Waals surface area (Å²) >= 11 is 5.87. The summed E-state index contributed by atoms with van der Waals surface area (Å²) in [7, 11) is 0. The molecular weight excluding hydrogens is 285 g/mol. The Hall–Kier alpha value is -1.82. The summed E-state index contributed by atoms with van der Waals surface area (Å²) in [5, 5.41) is 14.6. The van der Waals surface area contributed by atoms with E-state index in [9.17, 15) is 9.18 Å². The average Bonchev–Trinajstić information content (AvgIpc) is 2.91. The zero-order chi connectivity index (χ0) is 14.8. The molecule has 4 N–H and O–H groups in total. The first kappa shape index (κ1) is 14.6. The minimum Gasteiger partial charge on any atom is -0.409 e. The summed E-state index contributed by atoms with van der Waals surface area (Å²) in [5.41, 5.74) is 4.96. The van der Waals surface area contributed by atoms with Gasteiger partial charge in [0.15, 0.2) is 5.84 Å². The first-order valence-corrected chi connectivity index (χ1v) is 6.62. The third-order valence-corrected chi connectivity index (χ3v) is 3.98. The fourth-order valence-corrected chi connectivity index (χ4v) is 2.72. The van der Waals surface area contributed by atoms with Crippen LogP contribution in [0, 0.1) is 11.2 Å². The molecule has 1 amide bonds. The van der Waals surface area contributed by atoms with Gasteiger partial charge < -0.3 is 16.3 Å². The first-order chi connectivity index (χ1) is 9.49. The number of halogens is 2. The van der Waals surface area contributed by atoms with Crippen LogP contribution in [0.3, 0.4) is 0 Å². The highest BCUT2D eigenvalue weighted by Crippen LogP contribution is 2.40. The lowest BCUT2D eigenvalue weighted by Gasteiger charge is -2.26. The van der Waals surface area contributed by atoms with E-state index in [-0.39, 0.29) is 16.8 Å². The van der Waals surface area contributed by atoms with Crippen molar-refractivity contribution in [3.8, 4) is 0 Å². The maximum absolute atomic E-state index is 13.0. The molecule has 0 spiro atoms. The molecule has 5 nitrogen and oxygen atoms in total. The largest absolute Gasteiger partial charge is 0.409 e. The van der Waals surface area contributed by atoms with Gasteiger partial charge in [0.25, 0.3) is 0 Å². The van der Waals surface area contributed by atoms with Gasteiger partial charge in [0.2, 0.25) is 5.91 Å². The summed E-state index contributed by atoms with van der Waals surface area (Å²) in [6.45, 7) is 0. The Morgan fingerprint density at radius 1 is 1.45 bits per heavy atom. The van der Waals surface area contributed by atoms with Gasteiger partial charge in [-0.2, -0.15) is 0 Å². The van der Waals surface area contributed by atoms with Gasteiger partial charge >= 0.3 is 0 Å². The van der Waals surface area contributed by atoms with Crippen LogP contribution in [-0.2, 0) is 4.79 Å². The van der Waals surface area contributed by atoms with Crippen molar-refractivity contribution in [2.45, 2.75) is 25.7 Å². The van der Waals surface area contributed by atoms with Crippen LogP contribution in [0.2, 0.25) is 5.02 Å². The van der Waals surface area contributed by atoms with E-state index < -0.39 is 11.2 Å². The van der Waals surface area contributed by atoms with Crippen molar-refractivity contribution in [1.29, 1.82) is 0 Å². The van der Waals surface area contributed by atoms with Crippen molar-refractivity contribution in [2.75, 3.05) is 5.32 Å². The Balaban J connectivity index is 2.26. The van der Waals surface area contributed by atoms with Crippen molar-refractivity contribution in [3.05, 3.63) is 29.0 Å². The highest BCUT2D eigenvalue weighted by Gasteiger charge is 2.45. The standard InChI is InChI=1S/C13H15ClFN3O2/c14-9-7-8(15)3-4-10(9)17-12(19)13(11(16)18-20)5-1-2-6-13/h3-4,7,20H,1-2,5-6H2,(H2,16,18)(H,17,19). The van der Waals surface area contributed by atoms with Gasteiger partial charge in [-0.3, -0.25) is 4.79 Å². The molecule has 7 heteroatoms. The average molecular weight is 300 g/mol. The number of hydrogen-bond donors (Lipinski definition) is 3. The number of anilines is 1. The second-order valence-electron chi connectivity index (χ2n) is 4.85. The Kier molecular flexibility index (Phi) is 4.13. The molecule has 0 aliphatic heterocycles. The number of amides is 1. The summed E-state index contributed by atoms with van der Waals surface area (Å²) in [4.78, 5) is 12.4. The number of oxime groups is 1. The van der Waals surface area contributed by atoms with Gasteiger partial charge in [-0.15, -0.1) is 0 Å². The number of carbonyl (C=O) groups excluding carboxylic acids is 1. The van der Waals surface area contributed by atoms with Crippen LogP contribution >= 0.6 is 11.6 Å². The van der Waals surface area contributed by atoms with E-state index in [0.717, 1.165) is 18.9 Å². The zero-order valence-electron chi connectivity index (χ0n) is 10.7. The molecule has 1 aromatic carbocycles. The van der Waals surface area contributed by atoms with Crippen LogP contribution in [0.4, 0.5) is 10.1 Å². The minimum absolute atomic E-state index is 0.103. The van der Waals surface area contributed by atoms with Crippen molar-refractivity contribution in [2.24, 2.45) is 16.3 Å². The molecule has 20 heavy (non-hydrogen) atoms. The van der Waals surface area contributed by atoms with Gasteiger partial charge in [-0.1, -0.05) is 29.6 Å². The van der Waals surface area contributed by atoms with E-state index in [0.29, 0.717) is 18.5 Å². The maximum Gasteiger partial charge on any atom is 0.238 e. The lowest BCUT2D eigenvalue weighted by molar-refractivity contribution is -0.122. The second-order valence-corrected chi connectivity index (χ2v) is 5.26. The molecule has 0 radical (unpaired) electrons. The van der Waals surface area contributed by atoms with Crippen LogP contribution in [0.25, 0.3) is 0 Å². The number of nitrogens with two attached hydrogens (primary N) is 1. The predicted molar refractivity (Wildman–Crippen MR) is 74.3 cm³/mol.